The smallest absolute Gasteiger partial charge is 0.383 e. The van der Waals surface area contributed by atoms with Gasteiger partial charge in [0, 0.05) is 13.7 Å². The van der Waals surface area contributed by atoms with E-state index < -0.39 is 11.7 Å². The van der Waals surface area contributed by atoms with Gasteiger partial charge in [-0.05, 0) is 18.2 Å². The van der Waals surface area contributed by atoms with E-state index in [-0.39, 0.29) is 5.02 Å². The Hall–Kier alpha value is -0.940. The van der Waals surface area contributed by atoms with E-state index in [1.54, 1.807) is 0 Å². The fourth-order valence-corrected chi connectivity index (χ4v) is 1.37. The number of rotatable bonds is 4. The number of alkyl halides is 3. The molecule has 6 heteroatoms. The van der Waals surface area contributed by atoms with Crippen molar-refractivity contribution in [2.24, 2.45) is 0 Å². The molecule has 0 saturated carbocycles. The quantitative estimate of drug-likeness (QED) is 0.831. The minimum atomic E-state index is -4.37. The Morgan fingerprint density at radius 2 is 2.06 bits per heavy atom. The second-order valence-corrected chi connectivity index (χ2v) is 3.52. The first-order valence-corrected chi connectivity index (χ1v) is 4.92. The van der Waals surface area contributed by atoms with Crippen molar-refractivity contribution in [3.8, 4) is 0 Å². The summed E-state index contributed by atoms with van der Waals surface area (Å²) in [5, 5.41) is 2.92. The molecule has 0 radical (unpaired) electrons. The van der Waals surface area contributed by atoms with Gasteiger partial charge in [-0.2, -0.15) is 13.2 Å². The molecule has 0 aliphatic rings. The summed E-state index contributed by atoms with van der Waals surface area (Å²) in [6.45, 7) is 0.943. The van der Waals surface area contributed by atoms with Crippen LogP contribution in [0.1, 0.15) is 5.56 Å². The van der Waals surface area contributed by atoms with Gasteiger partial charge in [0.15, 0.2) is 0 Å². The molecular formula is C10H11ClF3NO. The summed E-state index contributed by atoms with van der Waals surface area (Å²) in [6.07, 6.45) is -4.37. The Kier molecular flexibility index (Phi) is 4.44. The topological polar surface area (TPSA) is 21.3 Å². The zero-order valence-corrected chi connectivity index (χ0v) is 9.32. The van der Waals surface area contributed by atoms with Gasteiger partial charge in [-0.1, -0.05) is 11.6 Å². The summed E-state index contributed by atoms with van der Waals surface area (Å²) in [7, 11) is 1.54. The Morgan fingerprint density at radius 1 is 1.38 bits per heavy atom. The highest BCUT2D eigenvalue weighted by Gasteiger charge is 2.30. The molecular weight excluding hydrogens is 243 g/mol. The van der Waals surface area contributed by atoms with Crippen LogP contribution >= 0.6 is 11.6 Å². The van der Waals surface area contributed by atoms with Crippen LogP contribution in [0.5, 0.6) is 0 Å². The summed E-state index contributed by atoms with van der Waals surface area (Å²) in [4.78, 5) is 0. The van der Waals surface area contributed by atoms with Gasteiger partial charge in [0.2, 0.25) is 0 Å². The van der Waals surface area contributed by atoms with Crippen molar-refractivity contribution in [3.05, 3.63) is 28.8 Å². The Labute approximate surface area is 96.4 Å². The highest BCUT2D eigenvalue weighted by atomic mass is 35.5. The molecule has 90 valence electrons. The van der Waals surface area contributed by atoms with Crippen LogP contribution in [0.3, 0.4) is 0 Å². The molecule has 1 rings (SSSR count). The van der Waals surface area contributed by atoms with Gasteiger partial charge in [0.25, 0.3) is 0 Å². The standard InChI is InChI=1S/C10H11ClF3NO/c1-16-5-4-15-9-3-2-7(6-8(9)11)10(12,13)14/h2-3,6,15H,4-5H2,1H3. The SMILES string of the molecule is COCCNc1ccc(C(F)(F)F)cc1Cl. The van der Waals surface area contributed by atoms with E-state index >= 15 is 0 Å². The molecule has 0 unspecified atom stereocenters. The van der Waals surface area contributed by atoms with Gasteiger partial charge < -0.3 is 10.1 Å². The van der Waals surface area contributed by atoms with Crippen LogP contribution in [0.15, 0.2) is 18.2 Å². The third kappa shape index (κ3) is 3.57. The highest BCUT2D eigenvalue weighted by molar-refractivity contribution is 6.33. The van der Waals surface area contributed by atoms with Crippen LogP contribution in [-0.2, 0) is 10.9 Å². The van der Waals surface area contributed by atoms with Gasteiger partial charge in [0.05, 0.1) is 22.9 Å². The van der Waals surface area contributed by atoms with Crippen molar-refractivity contribution in [2.75, 3.05) is 25.6 Å². The van der Waals surface area contributed by atoms with Gasteiger partial charge in [-0.15, -0.1) is 0 Å². The molecule has 0 fully saturated rings. The summed E-state index contributed by atoms with van der Waals surface area (Å²) in [6, 6.07) is 3.19. The molecule has 0 aliphatic heterocycles. The minimum Gasteiger partial charge on any atom is -0.383 e. The molecule has 0 aromatic heterocycles. The summed E-state index contributed by atoms with van der Waals surface area (Å²) >= 11 is 5.71. The predicted octanol–water partition coefficient (Wildman–Crippen LogP) is 3.42. The largest absolute Gasteiger partial charge is 0.416 e. The summed E-state index contributed by atoms with van der Waals surface area (Å²) < 4.78 is 41.7. The van der Waals surface area contributed by atoms with Crippen molar-refractivity contribution < 1.29 is 17.9 Å². The third-order valence-corrected chi connectivity index (χ3v) is 2.23. The number of benzene rings is 1. The van der Waals surface area contributed by atoms with Gasteiger partial charge in [0.1, 0.15) is 0 Å². The maximum absolute atomic E-state index is 12.3. The predicted molar refractivity (Wildman–Crippen MR) is 56.8 cm³/mol. The van der Waals surface area contributed by atoms with Gasteiger partial charge >= 0.3 is 6.18 Å². The molecule has 16 heavy (non-hydrogen) atoms. The molecule has 1 N–H and O–H groups in total. The molecule has 0 saturated heterocycles. The Bertz CT molecular complexity index is 354. The van der Waals surface area contributed by atoms with Crippen LogP contribution in [0, 0.1) is 0 Å². The first kappa shape index (κ1) is 13.1. The van der Waals surface area contributed by atoms with Crippen LogP contribution in [0.4, 0.5) is 18.9 Å². The molecule has 0 amide bonds. The minimum absolute atomic E-state index is 0.0472. The fraction of sp³-hybridized carbons (Fsp3) is 0.400. The average molecular weight is 254 g/mol. The first-order chi connectivity index (χ1) is 7.45. The van der Waals surface area contributed by atoms with E-state index in [4.69, 9.17) is 16.3 Å². The molecule has 0 bridgehead atoms. The lowest BCUT2D eigenvalue weighted by Gasteiger charge is -2.11. The lowest BCUT2D eigenvalue weighted by molar-refractivity contribution is -0.137. The molecule has 0 atom stereocenters. The van der Waals surface area contributed by atoms with Crippen LogP contribution in [0.25, 0.3) is 0 Å². The van der Waals surface area contributed by atoms with E-state index in [1.807, 2.05) is 0 Å². The van der Waals surface area contributed by atoms with Crippen molar-refractivity contribution in [1.29, 1.82) is 0 Å². The third-order valence-electron chi connectivity index (χ3n) is 1.92. The summed E-state index contributed by atoms with van der Waals surface area (Å²) in [5.74, 6) is 0. The van der Waals surface area contributed by atoms with E-state index in [1.165, 1.54) is 13.2 Å². The zero-order valence-electron chi connectivity index (χ0n) is 8.57. The second kappa shape index (κ2) is 5.41. The number of anilines is 1. The molecule has 0 aliphatic carbocycles. The molecule has 0 heterocycles. The van der Waals surface area contributed by atoms with Crippen molar-refractivity contribution >= 4 is 17.3 Å². The van der Waals surface area contributed by atoms with Crippen molar-refractivity contribution in [2.45, 2.75) is 6.18 Å². The lowest BCUT2D eigenvalue weighted by atomic mass is 10.2. The number of nitrogens with one attached hydrogen (secondary N) is 1. The van der Waals surface area contributed by atoms with Crippen LogP contribution in [-0.4, -0.2) is 20.3 Å². The molecule has 0 spiro atoms. The van der Waals surface area contributed by atoms with Crippen LogP contribution in [0.2, 0.25) is 5.02 Å². The Morgan fingerprint density at radius 3 is 2.56 bits per heavy atom. The highest BCUT2D eigenvalue weighted by Crippen LogP contribution is 2.33. The van der Waals surface area contributed by atoms with E-state index in [9.17, 15) is 13.2 Å². The maximum Gasteiger partial charge on any atom is 0.416 e. The molecule has 1 aromatic rings. The van der Waals surface area contributed by atoms with E-state index in [0.29, 0.717) is 18.8 Å². The van der Waals surface area contributed by atoms with Gasteiger partial charge in [-0.3, -0.25) is 0 Å². The van der Waals surface area contributed by atoms with Crippen molar-refractivity contribution in [1.82, 2.24) is 0 Å². The maximum atomic E-state index is 12.3. The number of ether oxygens (including phenoxy) is 1. The normalized spacial score (nSPS) is 11.6. The lowest BCUT2D eigenvalue weighted by Crippen LogP contribution is -2.09. The fourth-order valence-electron chi connectivity index (χ4n) is 1.12. The van der Waals surface area contributed by atoms with Crippen molar-refractivity contribution in [3.63, 3.8) is 0 Å². The average Bonchev–Trinajstić information content (AvgIpc) is 2.19. The van der Waals surface area contributed by atoms with E-state index in [2.05, 4.69) is 5.32 Å². The Balaban J connectivity index is 2.76. The van der Waals surface area contributed by atoms with Crippen LogP contribution < -0.4 is 5.32 Å². The number of halogens is 4. The number of hydrogen-bond acceptors (Lipinski definition) is 2. The monoisotopic (exact) mass is 253 g/mol. The van der Waals surface area contributed by atoms with E-state index in [0.717, 1.165) is 12.1 Å². The first-order valence-electron chi connectivity index (χ1n) is 4.54. The second-order valence-electron chi connectivity index (χ2n) is 3.11. The molecule has 2 nitrogen and oxygen atoms in total. The molecule has 1 aromatic carbocycles. The number of methoxy groups -OCH3 is 1. The number of hydrogen-bond donors (Lipinski definition) is 1. The van der Waals surface area contributed by atoms with Gasteiger partial charge in [-0.25, -0.2) is 0 Å². The zero-order chi connectivity index (χ0) is 12.2. The summed E-state index contributed by atoms with van der Waals surface area (Å²) in [5.41, 5.74) is -0.290.